The number of methoxy groups -OCH3 is 2. The Hall–Kier alpha value is -4.33. The lowest BCUT2D eigenvalue weighted by atomic mass is 10.1. The number of carbonyl (C=O) groups excluding carboxylic acids is 2. The molecule has 3 rings (SSSR count). The SMILES string of the molecule is COc1cc(C(=O)N(CCCc2ccccc2)CC(=O)N[C@@H](Cc2ccccc2)C(=O)O)cc(OC)c1C. The monoisotopic (exact) mass is 518 g/mol. The van der Waals surface area contributed by atoms with Gasteiger partial charge in [0.2, 0.25) is 5.91 Å². The Labute approximate surface area is 223 Å². The third kappa shape index (κ3) is 7.83. The molecule has 0 aliphatic rings. The van der Waals surface area contributed by atoms with Gasteiger partial charge in [-0.1, -0.05) is 60.7 Å². The number of amides is 2. The minimum absolute atomic E-state index is 0.135. The summed E-state index contributed by atoms with van der Waals surface area (Å²) < 4.78 is 10.8. The lowest BCUT2D eigenvalue weighted by Crippen LogP contribution is -2.48. The Balaban J connectivity index is 1.78. The third-order valence-electron chi connectivity index (χ3n) is 6.27. The van der Waals surface area contributed by atoms with Crippen molar-refractivity contribution < 1.29 is 29.0 Å². The molecule has 0 aliphatic heterocycles. The summed E-state index contributed by atoms with van der Waals surface area (Å²) in [6, 6.07) is 21.1. The van der Waals surface area contributed by atoms with Crippen molar-refractivity contribution in [1.29, 1.82) is 0 Å². The zero-order valence-electron chi connectivity index (χ0n) is 22.0. The van der Waals surface area contributed by atoms with E-state index >= 15 is 0 Å². The maximum Gasteiger partial charge on any atom is 0.326 e. The number of hydrogen-bond acceptors (Lipinski definition) is 5. The number of carbonyl (C=O) groups is 3. The Morgan fingerprint density at radius 2 is 1.45 bits per heavy atom. The van der Waals surface area contributed by atoms with Crippen molar-refractivity contribution in [2.75, 3.05) is 27.3 Å². The average molecular weight is 519 g/mol. The second-order valence-electron chi connectivity index (χ2n) is 8.97. The topological polar surface area (TPSA) is 105 Å². The summed E-state index contributed by atoms with van der Waals surface area (Å²) in [5.41, 5.74) is 2.98. The minimum atomic E-state index is -1.14. The highest BCUT2D eigenvalue weighted by atomic mass is 16.5. The first-order chi connectivity index (χ1) is 18.3. The van der Waals surface area contributed by atoms with Crippen LogP contribution >= 0.6 is 0 Å². The van der Waals surface area contributed by atoms with Crippen LogP contribution in [0.25, 0.3) is 0 Å². The van der Waals surface area contributed by atoms with E-state index in [2.05, 4.69) is 5.32 Å². The van der Waals surface area contributed by atoms with Gasteiger partial charge in [0.25, 0.3) is 5.91 Å². The van der Waals surface area contributed by atoms with Crippen LogP contribution < -0.4 is 14.8 Å². The number of ether oxygens (including phenoxy) is 2. The summed E-state index contributed by atoms with van der Waals surface area (Å²) in [5.74, 6) is -1.07. The summed E-state index contributed by atoms with van der Waals surface area (Å²) in [5, 5.41) is 12.3. The Morgan fingerprint density at radius 1 is 0.895 bits per heavy atom. The van der Waals surface area contributed by atoms with E-state index in [4.69, 9.17) is 9.47 Å². The van der Waals surface area contributed by atoms with E-state index in [-0.39, 0.29) is 18.9 Å². The lowest BCUT2D eigenvalue weighted by molar-refractivity contribution is -0.141. The first-order valence-electron chi connectivity index (χ1n) is 12.4. The molecule has 1 atom stereocenters. The number of carboxylic acid groups (broad SMARTS) is 1. The predicted octanol–water partition coefficient (Wildman–Crippen LogP) is 3.90. The molecule has 0 spiro atoms. The van der Waals surface area contributed by atoms with E-state index in [1.165, 1.54) is 19.1 Å². The molecule has 0 unspecified atom stereocenters. The fourth-order valence-corrected chi connectivity index (χ4v) is 4.23. The molecular weight excluding hydrogens is 484 g/mol. The largest absolute Gasteiger partial charge is 0.496 e. The van der Waals surface area contributed by atoms with Gasteiger partial charge in [-0.05, 0) is 43.0 Å². The molecule has 38 heavy (non-hydrogen) atoms. The average Bonchev–Trinajstić information content (AvgIpc) is 2.93. The van der Waals surface area contributed by atoms with Crippen LogP contribution in [0.4, 0.5) is 0 Å². The van der Waals surface area contributed by atoms with Gasteiger partial charge in [-0.25, -0.2) is 4.79 Å². The van der Waals surface area contributed by atoms with Crippen molar-refractivity contribution in [3.63, 3.8) is 0 Å². The van der Waals surface area contributed by atoms with E-state index < -0.39 is 17.9 Å². The zero-order chi connectivity index (χ0) is 27.5. The van der Waals surface area contributed by atoms with Gasteiger partial charge in [0, 0.05) is 24.1 Å². The van der Waals surface area contributed by atoms with Crippen molar-refractivity contribution in [1.82, 2.24) is 10.2 Å². The number of nitrogens with one attached hydrogen (secondary N) is 1. The number of aliphatic carboxylic acids is 1. The minimum Gasteiger partial charge on any atom is -0.496 e. The third-order valence-corrected chi connectivity index (χ3v) is 6.27. The Morgan fingerprint density at radius 3 is 1.97 bits per heavy atom. The van der Waals surface area contributed by atoms with E-state index in [1.807, 2.05) is 55.5 Å². The summed E-state index contributed by atoms with van der Waals surface area (Å²) in [7, 11) is 3.03. The van der Waals surface area contributed by atoms with E-state index in [0.29, 0.717) is 30.0 Å². The standard InChI is InChI=1S/C30H34N2O6/c1-21-26(37-2)18-24(19-27(21)38-3)29(34)32(16-10-15-22-11-6-4-7-12-22)20-28(33)31-25(30(35)36)17-23-13-8-5-9-14-23/h4-9,11-14,18-19,25H,10,15-17,20H2,1-3H3,(H,31,33)(H,35,36)/t25-/m0/s1. The first-order valence-corrected chi connectivity index (χ1v) is 12.4. The molecule has 0 radical (unpaired) electrons. The normalized spacial score (nSPS) is 11.3. The van der Waals surface area contributed by atoms with Gasteiger partial charge in [0.05, 0.1) is 20.8 Å². The maximum atomic E-state index is 13.6. The summed E-state index contributed by atoms with van der Waals surface area (Å²) in [6.07, 6.45) is 1.48. The maximum absolute atomic E-state index is 13.6. The molecule has 0 heterocycles. The first kappa shape index (κ1) is 28.2. The number of aryl methyl sites for hydroxylation is 1. The van der Waals surface area contributed by atoms with Crippen LogP contribution in [0, 0.1) is 6.92 Å². The summed E-state index contributed by atoms with van der Waals surface area (Å²) >= 11 is 0. The van der Waals surface area contributed by atoms with E-state index in [0.717, 1.165) is 23.1 Å². The highest BCUT2D eigenvalue weighted by molar-refractivity contribution is 5.98. The Bertz CT molecular complexity index is 1210. The smallest absolute Gasteiger partial charge is 0.326 e. The van der Waals surface area contributed by atoms with Crippen LogP contribution in [-0.4, -0.2) is 61.1 Å². The van der Waals surface area contributed by atoms with Crippen molar-refractivity contribution in [3.8, 4) is 11.5 Å². The van der Waals surface area contributed by atoms with Crippen LogP contribution in [0.3, 0.4) is 0 Å². The molecule has 2 amide bonds. The molecule has 3 aromatic rings. The zero-order valence-corrected chi connectivity index (χ0v) is 22.0. The van der Waals surface area contributed by atoms with Gasteiger partial charge >= 0.3 is 5.97 Å². The number of hydrogen-bond donors (Lipinski definition) is 2. The lowest BCUT2D eigenvalue weighted by Gasteiger charge is -2.24. The number of nitrogens with zero attached hydrogens (tertiary/aromatic N) is 1. The molecular formula is C30H34N2O6. The van der Waals surface area contributed by atoms with Crippen LogP contribution in [-0.2, 0) is 22.4 Å². The van der Waals surface area contributed by atoms with Gasteiger partial charge < -0.3 is 24.8 Å². The summed E-state index contributed by atoms with van der Waals surface area (Å²) in [6.45, 7) is 1.84. The molecule has 2 N–H and O–H groups in total. The predicted molar refractivity (Wildman–Crippen MR) is 145 cm³/mol. The molecule has 8 heteroatoms. The quantitative estimate of drug-likeness (QED) is 0.356. The summed E-state index contributed by atoms with van der Waals surface area (Å²) in [4.78, 5) is 39.9. The van der Waals surface area contributed by atoms with Gasteiger partial charge in [-0.2, -0.15) is 0 Å². The van der Waals surface area contributed by atoms with Crippen molar-refractivity contribution in [2.24, 2.45) is 0 Å². The molecule has 0 saturated carbocycles. The second kappa shape index (κ2) is 13.8. The molecule has 200 valence electrons. The van der Waals surface area contributed by atoms with Gasteiger partial charge in [-0.15, -0.1) is 0 Å². The van der Waals surface area contributed by atoms with E-state index in [1.54, 1.807) is 24.3 Å². The second-order valence-corrected chi connectivity index (χ2v) is 8.97. The van der Waals surface area contributed by atoms with Crippen LogP contribution in [0.5, 0.6) is 11.5 Å². The van der Waals surface area contributed by atoms with Crippen LogP contribution in [0.1, 0.15) is 33.5 Å². The molecule has 0 bridgehead atoms. The number of benzene rings is 3. The van der Waals surface area contributed by atoms with Gasteiger partial charge in [0.15, 0.2) is 0 Å². The van der Waals surface area contributed by atoms with Gasteiger partial charge in [0.1, 0.15) is 17.5 Å². The van der Waals surface area contributed by atoms with Crippen molar-refractivity contribution >= 4 is 17.8 Å². The molecule has 0 saturated heterocycles. The van der Waals surface area contributed by atoms with Crippen molar-refractivity contribution in [2.45, 2.75) is 32.2 Å². The van der Waals surface area contributed by atoms with Crippen LogP contribution in [0.15, 0.2) is 72.8 Å². The van der Waals surface area contributed by atoms with Gasteiger partial charge in [-0.3, -0.25) is 9.59 Å². The molecule has 0 fully saturated rings. The molecule has 8 nitrogen and oxygen atoms in total. The number of carboxylic acids is 1. The van der Waals surface area contributed by atoms with Crippen molar-refractivity contribution in [3.05, 3.63) is 95.1 Å². The van der Waals surface area contributed by atoms with Crippen LogP contribution in [0.2, 0.25) is 0 Å². The van der Waals surface area contributed by atoms with E-state index in [9.17, 15) is 19.5 Å². The Kier molecular flexibility index (Phi) is 10.3. The highest BCUT2D eigenvalue weighted by Crippen LogP contribution is 2.30. The molecule has 0 aromatic heterocycles. The molecule has 0 aliphatic carbocycles. The molecule has 3 aromatic carbocycles. The number of rotatable bonds is 13. The fraction of sp³-hybridized carbons (Fsp3) is 0.300. The fourth-order valence-electron chi connectivity index (χ4n) is 4.23. The highest BCUT2D eigenvalue weighted by Gasteiger charge is 2.25.